The van der Waals surface area contributed by atoms with E-state index in [1.165, 1.54) is 19.2 Å². The maximum Gasteiger partial charge on any atom is 0.255 e. The van der Waals surface area contributed by atoms with Crippen molar-refractivity contribution in [2.24, 2.45) is 5.73 Å². The molecule has 2 aromatic carbocycles. The topological polar surface area (TPSA) is 84.6 Å². The number of ether oxygens (including phenoxy) is 1. The van der Waals surface area contributed by atoms with Crippen LogP contribution in [0.4, 0.5) is 5.69 Å². The molecule has 0 spiro atoms. The van der Waals surface area contributed by atoms with Gasteiger partial charge in [0.25, 0.3) is 5.91 Å². The van der Waals surface area contributed by atoms with Crippen LogP contribution < -0.4 is 15.8 Å². The minimum atomic E-state index is -0.274. The molecule has 20 heavy (non-hydrogen) atoms. The molecule has 2 aromatic rings. The fraction of sp³-hybridized carbons (Fsp3) is 0.133. The highest BCUT2D eigenvalue weighted by Gasteiger charge is 2.10. The first kappa shape index (κ1) is 13.9. The molecule has 4 N–H and O–H groups in total. The number of hydrogen-bond donors (Lipinski definition) is 3. The van der Waals surface area contributed by atoms with E-state index in [0.29, 0.717) is 23.5 Å². The molecule has 0 saturated heterocycles. The highest BCUT2D eigenvalue weighted by Crippen LogP contribution is 2.26. The molecular weight excluding hydrogens is 256 g/mol. The Labute approximate surface area is 117 Å². The van der Waals surface area contributed by atoms with Crippen LogP contribution >= 0.6 is 0 Å². The molecule has 0 bridgehead atoms. The van der Waals surface area contributed by atoms with E-state index in [0.717, 1.165) is 5.56 Å². The summed E-state index contributed by atoms with van der Waals surface area (Å²) >= 11 is 0. The largest absolute Gasteiger partial charge is 0.508 e. The Balaban J connectivity index is 2.21. The van der Waals surface area contributed by atoms with Crippen molar-refractivity contribution >= 4 is 11.6 Å². The smallest absolute Gasteiger partial charge is 0.255 e. The normalized spacial score (nSPS) is 10.1. The zero-order valence-corrected chi connectivity index (χ0v) is 11.1. The first-order valence-electron chi connectivity index (χ1n) is 6.11. The fourth-order valence-electron chi connectivity index (χ4n) is 1.77. The van der Waals surface area contributed by atoms with Gasteiger partial charge < -0.3 is 20.9 Å². The number of amides is 1. The van der Waals surface area contributed by atoms with Gasteiger partial charge in [0.2, 0.25) is 0 Å². The van der Waals surface area contributed by atoms with E-state index in [4.69, 9.17) is 10.5 Å². The lowest BCUT2D eigenvalue weighted by atomic mass is 10.1. The van der Waals surface area contributed by atoms with Gasteiger partial charge in [-0.05, 0) is 42.0 Å². The number of aromatic hydroxyl groups is 1. The van der Waals surface area contributed by atoms with E-state index >= 15 is 0 Å². The molecule has 0 saturated carbocycles. The molecule has 5 nitrogen and oxygen atoms in total. The number of nitrogens with one attached hydrogen (secondary N) is 1. The van der Waals surface area contributed by atoms with Crippen LogP contribution in [-0.2, 0) is 6.54 Å². The third-order valence-electron chi connectivity index (χ3n) is 2.88. The van der Waals surface area contributed by atoms with Crippen molar-refractivity contribution in [1.82, 2.24) is 0 Å². The minimum absolute atomic E-state index is 0.117. The van der Waals surface area contributed by atoms with Gasteiger partial charge in [0.1, 0.15) is 11.5 Å². The predicted molar refractivity (Wildman–Crippen MR) is 76.9 cm³/mol. The van der Waals surface area contributed by atoms with Gasteiger partial charge in [0.05, 0.1) is 12.8 Å². The second-order valence-corrected chi connectivity index (χ2v) is 4.24. The number of hydrogen-bond acceptors (Lipinski definition) is 4. The molecule has 0 radical (unpaired) electrons. The van der Waals surface area contributed by atoms with Crippen LogP contribution in [-0.4, -0.2) is 18.1 Å². The Kier molecular flexibility index (Phi) is 4.22. The molecule has 0 heterocycles. The number of benzene rings is 2. The summed E-state index contributed by atoms with van der Waals surface area (Å²) in [5.41, 5.74) is 7.51. The number of carbonyl (C=O) groups is 1. The van der Waals surface area contributed by atoms with E-state index < -0.39 is 0 Å². The summed E-state index contributed by atoms with van der Waals surface area (Å²) in [4.78, 5) is 12.1. The van der Waals surface area contributed by atoms with Crippen molar-refractivity contribution < 1.29 is 14.6 Å². The standard InChI is InChI=1S/C15H16N2O3/c1-20-14-8-10(9-16)2-7-13(14)17-15(19)11-3-5-12(18)6-4-11/h2-8,18H,9,16H2,1H3,(H,17,19). The number of methoxy groups -OCH3 is 1. The van der Waals surface area contributed by atoms with Gasteiger partial charge in [-0.1, -0.05) is 6.07 Å². The van der Waals surface area contributed by atoms with Crippen LogP contribution in [0.15, 0.2) is 42.5 Å². The monoisotopic (exact) mass is 272 g/mol. The summed E-state index contributed by atoms with van der Waals surface area (Å²) in [6.07, 6.45) is 0. The Bertz CT molecular complexity index is 609. The zero-order valence-electron chi connectivity index (χ0n) is 11.1. The molecule has 5 heteroatoms. The van der Waals surface area contributed by atoms with E-state index in [9.17, 15) is 9.90 Å². The second-order valence-electron chi connectivity index (χ2n) is 4.24. The first-order chi connectivity index (χ1) is 9.63. The molecule has 104 valence electrons. The van der Waals surface area contributed by atoms with E-state index in [2.05, 4.69) is 5.32 Å². The van der Waals surface area contributed by atoms with Crippen molar-refractivity contribution in [1.29, 1.82) is 0 Å². The van der Waals surface area contributed by atoms with Gasteiger partial charge in [-0.25, -0.2) is 0 Å². The van der Waals surface area contributed by atoms with Crippen LogP contribution in [0, 0.1) is 0 Å². The van der Waals surface area contributed by atoms with Crippen molar-refractivity contribution in [3.8, 4) is 11.5 Å². The van der Waals surface area contributed by atoms with Crippen LogP contribution in [0.25, 0.3) is 0 Å². The summed E-state index contributed by atoms with van der Waals surface area (Å²) in [5, 5.41) is 12.0. The highest BCUT2D eigenvalue weighted by atomic mass is 16.5. The van der Waals surface area contributed by atoms with Crippen LogP contribution in [0.5, 0.6) is 11.5 Å². The highest BCUT2D eigenvalue weighted by molar-refractivity contribution is 6.05. The van der Waals surface area contributed by atoms with Crippen LogP contribution in [0.2, 0.25) is 0 Å². The molecule has 0 aliphatic heterocycles. The van der Waals surface area contributed by atoms with Gasteiger partial charge in [0.15, 0.2) is 0 Å². The maximum atomic E-state index is 12.1. The minimum Gasteiger partial charge on any atom is -0.508 e. The Morgan fingerprint density at radius 2 is 1.95 bits per heavy atom. The van der Waals surface area contributed by atoms with Crippen molar-refractivity contribution in [3.63, 3.8) is 0 Å². The summed E-state index contributed by atoms with van der Waals surface area (Å²) < 4.78 is 5.23. The number of rotatable bonds is 4. The van der Waals surface area contributed by atoms with Gasteiger partial charge in [0, 0.05) is 12.1 Å². The SMILES string of the molecule is COc1cc(CN)ccc1NC(=O)c1ccc(O)cc1. The third-order valence-corrected chi connectivity index (χ3v) is 2.88. The van der Waals surface area contributed by atoms with Gasteiger partial charge >= 0.3 is 0 Å². The number of phenolic OH excluding ortho intramolecular Hbond substituents is 1. The zero-order chi connectivity index (χ0) is 14.5. The van der Waals surface area contributed by atoms with Crippen molar-refractivity contribution in [2.75, 3.05) is 12.4 Å². The maximum absolute atomic E-state index is 12.1. The Hall–Kier alpha value is -2.53. The summed E-state index contributed by atoms with van der Waals surface area (Å²) in [5.74, 6) is 0.398. The molecule has 0 unspecified atom stereocenters. The van der Waals surface area contributed by atoms with Gasteiger partial charge in [-0.15, -0.1) is 0 Å². The second kappa shape index (κ2) is 6.08. The lowest BCUT2D eigenvalue weighted by Crippen LogP contribution is -2.12. The number of phenols is 1. The van der Waals surface area contributed by atoms with E-state index in [1.54, 1.807) is 24.3 Å². The molecule has 1 amide bonds. The lowest BCUT2D eigenvalue weighted by molar-refractivity contribution is 0.102. The number of nitrogens with two attached hydrogens (primary N) is 1. The average Bonchev–Trinajstić information content (AvgIpc) is 2.48. The summed E-state index contributed by atoms with van der Waals surface area (Å²) in [7, 11) is 1.53. The molecular formula is C15H16N2O3. The van der Waals surface area contributed by atoms with Crippen LogP contribution in [0.3, 0.4) is 0 Å². The quantitative estimate of drug-likeness (QED) is 0.795. The van der Waals surface area contributed by atoms with Crippen molar-refractivity contribution in [2.45, 2.75) is 6.54 Å². The summed E-state index contributed by atoms with van der Waals surface area (Å²) in [6.45, 7) is 0.405. The average molecular weight is 272 g/mol. The Morgan fingerprint density at radius 1 is 1.25 bits per heavy atom. The third kappa shape index (κ3) is 3.07. The molecule has 0 aliphatic rings. The Morgan fingerprint density at radius 3 is 2.55 bits per heavy atom. The fourth-order valence-corrected chi connectivity index (χ4v) is 1.77. The van der Waals surface area contributed by atoms with Crippen LogP contribution in [0.1, 0.15) is 15.9 Å². The molecule has 2 rings (SSSR count). The van der Waals surface area contributed by atoms with Gasteiger partial charge in [-0.2, -0.15) is 0 Å². The number of carbonyl (C=O) groups excluding carboxylic acids is 1. The van der Waals surface area contributed by atoms with Crippen molar-refractivity contribution in [3.05, 3.63) is 53.6 Å². The molecule has 0 atom stereocenters. The number of anilines is 1. The van der Waals surface area contributed by atoms with E-state index in [-0.39, 0.29) is 11.7 Å². The van der Waals surface area contributed by atoms with Gasteiger partial charge in [-0.3, -0.25) is 4.79 Å². The molecule has 0 aromatic heterocycles. The first-order valence-corrected chi connectivity index (χ1v) is 6.11. The molecule has 0 fully saturated rings. The predicted octanol–water partition coefficient (Wildman–Crippen LogP) is 2.11. The summed E-state index contributed by atoms with van der Waals surface area (Å²) in [6, 6.07) is 11.4. The van der Waals surface area contributed by atoms with E-state index in [1.807, 2.05) is 6.07 Å². The lowest BCUT2D eigenvalue weighted by Gasteiger charge is -2.11. The molecule has 0 aliphatic carbocycles.